The van der Waals surface area contributed by atoms with Gasteiger partial charge < -0.3 is 20.3 Å². The van der Waals surface area contributed by atoms with Gasteiger partial charge in [-0.1, -0.05) is 12.1 Å². The lowest BCUT2D eigenvalue weighted by Crippen LogP contribution is -2.67. The van der Waals surface area contributed by atoms with Crippen LogP contribution in [0.25, 0.3) is 0 Å². The summed E-state index contributed by atoms with van der Waals surface area (Å²) in [5.74, 6) is 0.301. The van der Waals surface area contributed by atoms with Gasteiger partial charge in [-0.05, 0) is 42.7 Å². The molecule has 2 N–H and O–H groups in total. The molecule has 1 aromatic carbocycles. The molecule has 30 heavy (non-hydrogen) atoms. The Morgan fingerprint density at radius 2 is 1.93 bits per heavy atom. The van der Waals surface area contributed by atoms with Crippen molar-refractivity contribution in [1.82, 2.24) is 20.5 Å². The predicted molar refractivity (Wildman–Crippen MR) is 109 cm³/mol. The summed E-state index contributed by atoms with van der Waals surface area (Å²) in [5.41, 5.74) is 1.48. The van der Waals surface area contributed by atoms with Crippen LogP contribution in [0.4, 0.5) is 0 Å². The maximum Gasteiger partial charge on any atom is 0.251 e. The molecule has 1 aromatic heterocycles. The van der Waals surface area contributed by atoms with Gasteiger partial charge in [0.2, 0.25) is 11.8 Å². The minimum Gasteiger partial charge on any atom is -0.497 e. The average molecular weight is 408 g/mol. The summed E-state index contributed by atoms with van der Waals surface area (Å²) < 4.78 is 5.16. The summed E-state index contributed by atoms with van der Waals surface area (Å²) in [7, 11) is 1.60. The molecule has 0 bridgehead atoms. The number of hydrogen-bond acceptors (Lipinski definition) is 5. The van der Waals surface area contributed by atoms with E-state index in [-0.39, 0.29) is 23.8 Å². The van der Waals surface area contributed by atoms with Crippen LogP contribution in [0.3, 0.4) is 0 Å². The largest absolute Gasteiger partial charge is 0.497 e. The predicted octanol–water partition coefficient (Wildman–Crippen LogP) is 0.921. The number of benzene rings is 1. The van der Waals surface area contributed by atoms with E-state index in [0.717, 1.165) is 11.3 Å². The molecule has 3 amide bonds. The van der Waals surface area contributed by atoms with Crippen LogP contribution < -0.4 is 15.4 Å². The quantitative estimate of drug-likeness (QED) is 0.766. The molecule has 3 atom stereocenters. The Bertz CT molecular complexity index is 932. The van der Waals surface area contributed by atoms with Crippen LogP contribution in [0.1, 0.15) is 28.8 Å². The minimum atomic E-state index is -0.579. The first kappa shape index (κ1) is 19.9. The van der Waals surface area contributed by atoms with Gasteiger partial charge in [-0.2, -0.15) is 0 Å². The van der Waals surface area contributed by atoms with Crippen LogP contribution in [0.2, 0.25) is 0 Å². The Kier molecular flexibility index (Phi) is 5.65. The van der Waals surface area contributed by atoms with Gasteiger partial charge >= 0.3 is 0 Å². The molecule has 3 unspecified atom stereocenters. The van der Waals surface area contributed by atoms with E-state index in [4.69, 9.17) is 4.74 Å². The first-order chi connectivity index (χ1) is 14.5. The second-order valence-corrected chi connectivity index (χ2v) is 7.59. The maximum absolute atomic E-state index is 13.0. The van der Waals surface area contributed by atoms with Crippen LogP contribution in [-0.2, 0) is 16.0 Å². The Morgan fingerprint density at radius 1 is 1.20 bits per heavy atom. The van der Waals surface area contributed by atoms with Crippen molar-refractivity contribution >= 4 is 17.7 Å². The number of carbonyl (C=O) groups excluding carboxylic acids is 3. The number of carbonyl (C=O) groups is 3. The fourth-order valence-corrected chi connectivity index (χ4v) is 4.05. The normalized spacial score (nSPS) is 23.4. The van der Waals surface area contributed by atoms with Crippen molar-refractivity contribution in [3.05, 3.63) is 59.9 Å². The average Bonchev–Trinajstić information content (AvgIpc) is 2.78. The van der Waals surface area contributed by atoms with Crippen molar-refractivity contribution in [2.75, 3.05) is 13.7 Å². The third kappa shape index (κ3) is 4.12. The van der Waals surface area contributed by atoms with Crippen LogP contribution in [0, 0.1) is 0 Å². The SMILES string of the molecule is COc1ccc(CC2NC(=O)C3CC(NC(=O)c4ccncc4)CCN3C2=O)cc1. The number of nitrogens with one attached hydrogen (secondary N) is 2. The van der Waals surface area contributed by atoms with Gasteiger partial charge in [0.25, 0.3) is 5.91 Å². The van der Waals surface area contributed by atoms with Crippen molar-refractivity contribution in [3.63, 3.8) is 0 Å². The number of methoxy groups -OCH3 is 1. The zero-order valence-electron chi connectivity index (χ0n) is 16.7. The molecule has 0 aliphatic carbocycles. The van der Waals surface area contributed by atoms with Gasteiger partial charge in [-0.25, -0.2) is 0 Å². The maximum atomic E-state index is 13.0. The first-order valence-corrected chi connectivity index (χ1v) is 10.00. The fourth-order valence-electron chi connectivity index (χ4n) is 4.05. The second kappa shape index (κ2) is 8.52. The molecule has 2 aromatic rings. The fraction of sp³-hybridized carbons (Fsp3) is 0.364. The smallest absolute Gasteiger partial charge is 0.251 e. The molecule has 3 heterocycles. The molecule has 2 saturated heterocycles. The van der Waals surface area contributed by atoms with Crippen molar-refractivity contribution in [3.8, 4) is 5.75 Å². The molecule has 8 heteroatoms. The standard InChI is InChI=1S/C22H24N4O4/c1-30-17-4-2-14(3-5-17)12-18-22(29)26-11-8-16(13-19(26)21(28)25-18)24-20(27)15-6-9-23-10-7-15/h2-7,9-10,16,18-19H,8,11-13H2,1H3,(H,24,27)(H,25,28). The molecule has 2 aliphatic rings. The highest BCUT2D eigenvalue weighted by molar-refractivity contribution is 5.98. The summed E-state index contributed by atoms with van der Waals surface area (Å²) in [4.78, 5) is 43.7. The summed E-state index contributed by atoms with van der Waals surface area (Å²) in [6.45, 7) is 0.442. The summed E-state index contributed by atoms with van der Waals surface area (Å²) in [6, 6.07) is 9.45. The van der Waals surface area contributed by atoms with E-state index in [1.165, 1.54) is 0 Å². The number of rotatable bonds is 5. The lowest BCUT2D eigenvalue weighted by molar-refractivity contribution is -0.151. The lowest BCUT2D eigenvalue weighted by atomic mass is 9.91. The van der Waals surface area contributed by atoms with E-state index in [9.17, 15) is 14.4 Å². The zero-order valence-corrected chi connectivity index (χ0v) is 16.7. The van der Waals surface area contributed by atoms with Gasteiger partial charge in [0.15, 0.2) is 0 Å². The molecular formula is C22H24N4O4. The van der Waals surface area contributed by atoms with Gasteiger partial charge in [-0.15, -0.1) is 0 Å². The van der Waals surface area contributed by atoms with Gasteiger partial charge in [0.05, 0.1) is 7.11 Å². The Labute approximate surface area is 174 Å². The number of piperidine rings is 1. The molecule has 0 spiro atoms. The number of amides is 3. The van der Waals surface area contributed by atoms with Crippen LogP contribution in [-0.4, -0.2) is 59.4 Å². The van der Waals surface area contributed by atoms with Crippen LogP contribution in [0.15, 0.2) is 48.8 Å². The van der Waals surface area contributed by atoms with Gasteiger partial charge in [0, 0.05) is 37.0 Å². The van der Waals surface area contributed by atoms with Crippen LogP contribution in [0.5, 0.6) is 5.75 Å². The molecule has 4 rings (SSSR count). The second-order valence-electron chi connectivity index (χ2n) is 7.59. The van der Waals surface area contributed by atoms with Crippen molar-refractivity contribution in [2.24, 2.45) is 0 Å². The van der Waals surface area contributed by atoms with Gasteiger partial charge in [-0.3, -0.25) is 19.4 Å². The summed E-state index contributed by atoms with van der Waals surface area (Å²) >= 11 is 0. The number of piperazine rings is 1. The Hall–Kier alpha value is -3.42. The van der Waals surface area contributed by atoms with Crippen molar-refractivity contribution < 1.29 is 19.1 Å². The minimum absolute atomic E-state index is 0.0747. The Morgan fingerprint density at radius 3 is 2.63 bits per heavy atom. The number of hydrogen-bond donors (Lipinski definition) is 2. The number of ether oxygens (including phenoxy) is 1. The summed E-state index contributed by atoms with van der Waals surface area (Å²) in [5, 5.41) is 5.83. The van der Waals surface area contributed by atoms with Crippen molar-refractivity contribution in [2.45, 2.75) is 37.4 Å². The van der Waals surface area contributed by atoms with E-state index in [1.54, 1.807) is 36.5 Å². The number of fused-ring (bicyclic) bond motifs is 1. The molecule has 0 radical (unpaired) electrons. The number of pyridine rings is 1. The van der Waals surface area contributed by atoms with E-state index in [1.807, 2.05) is 24.3 Å². The van der Waals surface area contributed by atoms with Gasteiger partial charge in [0.1, 0.15) is 17.8 Å². The molecule has 8 nitrogen and oxygen atoms in total. The monoisotopic (exact) mass is 408 g/mol. The summed E-state index contributed by atoms with van der Waals surface area (Å²) in [6.07, 6.45) is 4.58. The molecule has 2 aliphatic heterocycles. The molecule has 2 fully saturated rings. The topological polar surface area (TPSA) is 101 Å². The van der Waals surface area contributed by atoms with E-state index in [2.05, 4.69) is 15.6 Å². The number of aromatic nitrogens is 1. The third-order valence-electron chi connectivity index (χ3n) is 5.68. The highest BCUT2D eigenvalue weighted by atomic mass is 16.5. The first-order valence-electron chi connectivity index (χ1n) is 10.00. The lowest BCUT2D eigenvalue weighted by Gasteiger charge is -2.44. The molecule has 0 saturated carbocycles. The Balaban J connectivity index is 1.38. The molecule has 156 valence electrons. The molecular weight excluding hydrogens is 384 g/mol. The highest BCUT2D eigenvalue weighted by Crippen LogP contribution is 2.24. The zero-order chi connectivity index (χ0) is 21.1. The van der Waals surface area contributed by atoms with E-state index >= 15 is 0 Å². The number of nitrogens with zero attached hydrogens (tertiary/aromatic N) is 2. The highest BCUT2D eigenvalue weighted by Gasteiger charge is 2.44. The van der Waals surface area contributed by atoms with Crippen molar-refractivity contribution in [1.29, 1.82) is 0 Å². The third-order valence-corrected chi connectivity index (χ3v) is 5.68. The van der Waals surface area contributed by atoms with E-state index < -0.39 is 12.1 Å². The van der Waals surface area contributed by atoms with E-state index in [0.29, 0.717) is 31.4 Å². The van der Waals surface area contributed by atoms with Crippen LogP contribution >= 0.6 is 0 Å².